The van der Waals surface area contributed by atoms with Gasteiger partial charge < -0.3 is 0 Å². The Balaban J connectivity index is 3.64. The molecule has 5 heteroatoms. The predicted octanol–water partition coefficient (Wildman–Crippen LogP) is 2.29. The number of nitriles is 3. The minimum atomic E-state index is -0.987. The smallest absolute Gasteiger partial charge is 0.148 e. The minimum absolute atomic E-state index is 0.597. The second-order valence-electron chi connectivity index (χ2n) is 2.68. The van der Waals surface area contributed by atoms with Gasteiger partial charge in [-0.25, -0.2) is 8.78 Å². The summed E-state index contributed by atoms with van der Waals surface area (Å²) in [6.07, 6.45) is 0. The molecule has 3 nitrogen and oxygen atoms in total. The second kappa shape index (κ2) is 4.68. The first-order valence-electron chi connectivity index (χ1n) is 4.04. The lowest BCUT2D eigenvalue weighted by atomic mass is 10.0. The lowest BCUT2D eigenvalue weighted by Gasteiger charge is -2.02. The Hall–Kier alpha value is -2.71. The highest BCUT2D eigenvalue weighted by atomic mass is 19.1. The zero-order valence-electron chi connectivity index (χ0n) is 7.83. The quantitative estimate of drug-likeness (QED) is 0.674. The fourth-order valence-electron chi connectivity index (χ4n) is 1.11. The normalized spacial score (nSPS) is 8.44. The van der Waals surface area contributed by atoms with Crippen molar-refractivity contribution in [3.63, 3.8) is 0 Å². The first kappa shape index (κ1) is 11.4. The summed E-state index contributed by atoms with van der Waals surface area (Å²) in [4.78, 5) is 0. The van der Waals surface area contributed by atoms with Crippen LogP contribution in [0.4, 0.5) is 8.78 Å². The summed E-state index contributed by atoms with van der Waals surface area (Å²) < 4.78 is 26.6. The maximum absolute atomic E-state index is 13.3. The van der Waals surface area contributed by atoms with E-state index in [1.165, 1.54) is 18.2 Å². The van der Waals surface area contributed by atoms with Gasteiger partial charge in [0.2, 0.25) is 0 Å². The van der Waals surface area contributed by atoms with E-state index in [1.807, 2.05) is 0 Å². The van der Waals surface area contributed by atoms with Gasteiger partial charge in [-0.05, 0) is 12.1 Å². The third kappa shape index (κ3) is 1.87. The van der Waals surface area contributed by atoms with Crippen LogP contribution in [0.1, 0.15) is 5.56 Å². The topological polar surface area (TPSA) is 71.4 Å². The van der Waals surface area contributed by atoms with Gasteiger partial charge in [-0.15, -0.1) is 0 Å². The average Bonchev–Trinajstić information content (AvgIpc) is 2.28. The molecule has 16 heavy (non-hydrogen) atoms. The molecule has 0 N–H and O–H groups in total. The fraction of sp³-hybridized carbons (Fsp3) is 0. The Labute approximate surface area is 90.1 Å². The van der Waals surface area contributed by atoms with Gasteiger partial charge in [-0.1, -0.05) is 6.07 Å². The predicted molar refractivity (Wildman–Crippen MR) is 50.1 cm³/mol. The van der Waals surface area contributed by atoms with Crippen molar-refractivity contribution in [1.29, 1.82) is 15.8 Å². The first-order chi connectivity index (χ1) is 7.65. The maximum atomic E-state index is 13.3. The Bertz CT molecular complexity index is 546. The highest BCUT2D eigenvalue weighted by molar-refractivity contribution is 5.84. The standard InChI is InChI=1S/C11H3F2N3/c12-9-2-1-3-10(13)11(9)8(6-16)7(4-14)5-15/h1-3H. The third-order valence-electron chi connectivity index (χ3n) is 1.80. The zero-order chi connectivity index (χ0) is 12.1. The van der Waals surface area contributed by atoms with E-state index in [1.54, 1.807) is 0 Å². The van der Waals surface area contributed by atoms with Crippen molar-refractivity contribution in [2.75, 3.05) is 0 Å². The van der Waals surface area contributed by atoms with Gasteiger partial charge in [0.05, 0.1) is 11.1 Å². The maximum Gasteiger partial charge on any atom is 0.148 e. The Morgan fingerprint density at radius 1 is 0.938 bits per heavy atom. The van der Waals surface area contributed by atoms with E-state index < -0.39 is 28.3 Å². The van der Waals surface area contributed by atoms with E-state index in [4.69, 9.17) is 15.8 Å². The minimum Gasteiger partial charge on any atom is -0.206 e. The number of hydrogen-bond donors (Lipinski definition) is 0. The highest BCUT2D eigenvalue weighted by Crippen LogP contribution is 2.23. The first-order valence-corrected chi connectivity index (χ1v) is 4.04. The molecule has 0 radical (unpaired) electrons. The summed E-state index contributed by atoms with van der Waals surface area (Å²) in [6.45, 7) is 0. The second-order valence-corrected chi connectivity index (χ2v) is 2.68. The summed E-state index contributed by atoms with van der Waals surface area (Å²) in [5.74, 6) is -1.97. The summed E-state index contributed by atoms with van der Waals surface area (Å²) in [5, 5.41) is 25.8. The van der Waals surface area contributed by atoms with Gasteiger partial charge in [0.15, 0.2) is 0 Å². The number of rotatable bonds is 1. The molecule has 0 fully saturated rings. The fourth-order valence-corrected chi connectivity index (χ4v) is 1.11. The van der Waals surface area contributed by atoms with E-state index >= 15 is 0 Å². The lowest BCUT2D eigenvalue weighted by molar-refractivity contribution is 0.577. The molecule has 0 saturated heterocycles. The van der Waals surface area contributed by atoms with E-state index in [0.717, 1.165) is 18.2 Å². The molecule has 0 aromatic heterocycles. The van der Waals surface area contributed by atoms with E-state index in [-0.39, 0.29) is 0 Å². The molecule has 0 aliphatic heterocycles. The van der Waals surface area contributed by atoms with Gasteiger partial charge in [0.1, 0.15) is 35.4 Å². The molecule has 0 aliphatic carbocycles. The number of halogens is 2. The van der Waals surface area contributed by atoms with Gasteiger partial charge in [-0.2, -0.15) is 15.8 Å². The van der Waals surface area contributed by atoms with Crippen molar-refractivity contribution < 1.29 is 8.78 Å². The van der Waals surface area contributed by atoms with Crippen LogP contribution in [0.15, 0.2) is 23.8 Å². The average molecular weight is 215 g/mol. The molecule has 1 aromatic carbocycles. The SMILES string of the molecule is N#CC(C#N)=C(C#N)c1c(F)cccc1F. The van der Waals surface area contributed by atoms with Crippen LogP contribution in [0.2, 0.25) is 0 Å². The molecule has 1 rings (SSSR count). The molecule has 0 saturated carbocycles. The van der Waals surface area contributed by atoms with Crippen LogP contribution < -0.4 is 0 Å². The number of benzene rings is 1. The van der Waals surface area contributed by atoms with Crippen LogP contribution in [0.3, 0.4) is 0 Å². The molecule has 1 aromatic rings. The van der Waals surface area contributed by atoms with Crippen molar-refractivity contribution in [3.05, 3.63) is 41.0 Å². The van der Waals surface area contributed by atoms with Crippen LogP contribution in [0.5, 0.6) is 0 Å². The van der Waals surface area contributed by atoms with Crippen molar-refractivity contribution in [1.82, 2.24) is 0 Å². The van der Waals surface area contributed by atoms with Crippen LogP contribution in [-0.4, -0.2) is 0 Å². The molecular weight excluding hydrogens is 212 g/mol. The van der Waals surface area contributed by atoms with Crippen molar-refractivity contribution in [3.8, 4) is 18.2 Å². The number of hydrogen-bond acceptors (Lipinski definition) is 3. The summed E-state index contributed by atoms with van der Waals surface area (Å²) >= 11 is 0. The monoisotopic (exact) mass is 215 g/mol. The molecule has 76 valence electrons. The van der Waals surface area contributed by atoms with Gasteiger partial charge in [0.25, 0.3) is 0 Å². The van der Waals surface area contributed by atoms with E-state index in [9.17, 15) is 8.78 Å². The molecular formula is C11H3F2N3. The Morgan fingerprint density at radius 3 is 1.81 bits per heavy atom. The van der Waals surface area contributed by atoms with Crippen molar-refractivity contribution >= 4 is 5.57 Å². The Morgan fingerprint density at radius 2 is 1.44 bits per heavy atom. The summed E-state index contributed by atoms with van der Waals surface area (Å²) in [5.41, 5.74) is -1.87. The highest BCUT2D eigenvalue weighted by Gasteiger charge is 2.17. The lowest BCUT2D eigenvalue weighted by Crippen LogP contribution is -1.95. The third-order valence-corrected chi connectivity index (χ3v) is 1.80. The number of allylic oxidation sites excluding steroid dienone is 2. The molecule has 0 bridgehead atoms. The Kier molecular flexibility index (Phi) is 3.33. The number of nitrogens with zero attached hydrogens (tertiary/aromatic N) is 3. The molecule has 0 heterocycles. The van der Waals surface area contributed by atoms with Crippen LogP contribution in [0, 0.1) is 45.6 Å². The summed E-state index contributed by atoms with van der Waals surface area (Å²) in [6, 6.07) is 7.31. The van der Waals surface area contributed by atoms with E-state index in [2.05, 4.69) is 0 Å². The zero-order valence-corrected chi connectivity index (χ0v) is 7.83. The van der Waals surface area contributed by atoms with Crippen LogP contribution in [-0.2, 0) is 0 Å². The van der Waals surface area contributed by atoms with Gasteiger partial charge in [-0.3, -0.25) is 0 Å². The molecule has 0 unspecified atom stereocenters. The summed E-state index contributed by atoms with van der Waals surface area (Å²) in [7, 11) is 0. The molecule has 0 atom stereocenters. The van der Waals surface area contributed by atoms with Crippen molar-refractivity contribution in [2.24, 2.45) is 0 Å². The molecule has 0 aliphatic rings. The van der Waals surface area contributed by atoms with Crippen molar-refractivity contribution in [2.45, 2.75) is 0 Å². The molecule has 0 amide bonds. The van der Waals surface area contributed by atoms with Gasteiger partial charge in [0, 0.05) is 0 Å². The van der Waals surface area contributed by atoms with E-state index in [0.29, 0.717) is 0 Å². The largest absolute Gasteiger partial charge is 0.206 e. The van der Waals surface area contributed by atoms with Crippen LogP contribution in [0.25, 0.3) is 5.57 Å². The molecule has 0 spiro atoms. The van der Waals surface area contributed by atoms with Gasteiger partial charge >= 0.3 is 0 Å². The van der Waals surface area contributed by atoms with Crippen LogP contribution >= 0.6 is 0 Å².